The van der Waals surface area contributed by atoms with E-state index in [1.165, 1.54) is 24.0 Å². The first-order chi connectivity index (χ1) is 20.3. The van der Waals surface area contributed by atoms with E-state index >= 15 is 0 Å². The van der Waals surface area contributed by atoms with Crippen LogP contribution in [0.2, 0.25) is 0 Å². The van der Waals surface area contributed by atoms with Gasteiger partial charge < -0.3 is 25.2 Å². The molecule has 9 nitrogen and oxygen atoms in total. The molecule has 0 bridgehead atoms. The van der Waals surface area contributed by atoms with E-state index < -0.39 is 0 Å². The lowest BCUT2D eigenvalue weighted by molar-refractivity contribution is 0.0790. The molecule has 6 rings (SSSR count). The summed E-state index contributed by atoms with van der Waals surface area (Å²) in [7, 11) is 3.28. The molecule has 1 aromatic heterocycles. The average molecular weight is 588 g/mol. The third kappa shape index (κ3) is 6.13. The van der Waals surface area contributed by atoms with Crippen LogP contribution in [0.3, 0.4) is 0 Å². The number of piperidine rings is 1. The molecular formula is C32H37N5O4S. The van der Waals surface area contributed by atoms with Crippen molar-refractivity contribution < 1.29 is 19.1 Å². The maximum absolute atomic E-state index is 13.7. The van der Waals surface area contributed by atoms with Crippen LogP contribution in [0.15, 0.2) is 42.5 Å². The Morgan fingerprint density at radius 1 is 1.02 bits per heavy atom. The molecule has 1 saturated heterocycles. The fourth-order valence-corrected chi connectivity index (χ4v) is 6.46. The monoisotopic (exact) mass is 587 g/mol. The van der Waals surface area contributed by atoms with Gasteiger partial charge in [0.05, 0.1) is 12.8 Å². The van der Waals surface area contributed by atoms with E-state index in [9.17, 15) is 14.4 Å². The number of nitrogens with one attached hydrogen (secondary N) is 2. The van der Waals surface area contributed by atoms with Gasteiger partial charge in [-0.3, -0.25) is 9.59 Å². The van der Waals surface area contributed by atoms with Gasteiger partial charge in [0.1, 0.15) is 4.88 Å². The number of hydrogen-bond acceptors (Lipinski definition) is 7. The van der Waals surface area contributed by atoms with Gasteiger partial charge >= 0.3 is 6.09 Å². The van der Waals surface area contributed by atoms with Gasteiger partial charge in [-0.2, -0.15) is 0 Å². The summed E-state index contributed by atoms with van der Waals surface area (Å²) in [5.74, 6) is 0.211. The van der Waals surface area contributed by atoms with Gasteiger partial charge in [0.25, 0.3) is 11.8 Å². The zero-order valence-corrected chi connectivity index (χ0v) is 25.1. The highest BCUT2D eigenvalue weighted by Crippen LogP contribution is 2.38. The van der Waals surface area contributed by atoms with Crippen LogP contribution in [0, 0.1) is 6.92 Å². The lowest BCUT2D eigenvalue weighted by Crippen LogP contribution is -2.37. The van der Waals surface area contributed by atoms with E-state index in [4.69, 9.17) is 9.72 Å². The highest BCUT2D eigenvalue weighted by atomic mass is 32.1. The van der Waals surface area contributed by atoms with Crippen LogP contribution in [0.1, 0.15) is 75.6 Å². The Morgan fingerprint density at radius 3 is 2.48 bits per heavy atom. The number of carbonyl (C=O) groups excluding carboxylic acids is 3. The second kappa shape index (κ2) is 11.8. The smallest absolute Gasteiger partial charge is 0.409 e. The standard InChI is InChI=1S/C32H37N5O4S/c1-19-7-8-23(29(38)33-24-9-10-24)18-26(19)34-31-35-27(28(42-31)30(39)36(2)25-11-12-25)22-6-4-5-21(17-22)20-13-15-37(16-14-20)32(40)41-3/h4-8,17-18,20,24-25H,9-16H2,1-3H3,(H,33,38)(H,34,35). The van der Waals surface area contributed by atoms with Crippen molar-refractivity contribution in [3.63, 3.8) is 0 Å². The summed E-state index contributed by atoms with van der Waals surface area (Å²) >= 11 is 1.35. The van der Waals surface area contributed by atoms with Crippen LogP contribution in [0.25, 0.3) is 11.3 Å². The van der Waals surface area contributed by atoms with Crippen molar-refractivity contribution in [2.24, 2.45) is 0 Å². The highest BCUT2D eigenvalue weighted by molar-refractivity contribution is 7.18. The lowest BCUT2D eigenvalue weighted by atomic mass is 9.88. The van der Waals surface area contributed by atoms with Gasteiger partial charge in [-0.05, 0) is 80.7 Å². The van der Waals surface area contributed by atoms with E-state index in [-0.39, 0.29) is 30.0 Å². The highest BCUT2D eigenvalue weighted by Gasteiger charge is 2.33. The number of rotatable bonds is 8. The van der Waals surface area contributed by atoms with Gasteiger partial charge in [0.15, 0.2) is 5.13 Å². The Labute approximate surface area is 250 Å². The topological polar surface area (TPSA) is 104 Å². The van der Waals surface area contributed by atoms with Crippen LogP contribution in [0.5, 0.6) is 0 Å². The Morgan fingerprint density at radius 2 is 1.79 bits per heavy atom. The molecule has 2 N–H and O–H groups in total. The molecule has 0 atom stereocenters. The maximum atomic E-state index is 13.7. The maximum Gasteiger partial charge on any atom is 0.409 e. The van der Waals surface area contributed by atoms with Crippen molar-refractivity contribution in [1.82, 2.24) is 20.1 Å². The number of ether oxygens (including phenoxy) is 1. The minimum Gasteiger partial charge on any atom is -0.453 e. The summed E-state index contributed by atoms with van der Waals surface area (Å²) in [6.45, 7) is 3.29. The second-order valence-electron chi connectivity index (χ2n) is 11.6. The third-order valence-electron chi connectivity index (χ3n) is 8.45. The molecule has 2 aliphatic carbocycles. The molecule has 3 amide bonds. The largest absolute Gasteiger partial charge is 0.453 e. The fourth-order valence-electron chi connectivity index (χ4n) is 5.48. The first kappa shape index (κ1) is 28.2. The Hall–Kier alpha value is -3.92. The number of anilines is 2. The molecule has 3 fully saturated rings. The van der Waals surface area contributed by atoms with Crippen LogP contribution in [-0.2, 0) is 4.74 Å². The molecular weight excluding hydrogens is 550 g/mol. The number of hydrogen-bond donors (Lipinski definition) is 2. The molecule has 10 heteroatoms. The molecule has 42 heavy (non-hydrogen) atoms. The van der Waals surface area contributed by atoms with Gasteiger partial charge in [-0.25, -0.2) is 9.78 Å². The molecule has 0 radical (unpaired) electrons. The van der Waals surface area contributed by atoms with Crippen LogP contribution < -0.4 is 10.6 Å². The number of thiazole rings is 1. The number of methoxy groups -OCH3 is 1. The summed E-state index contributed by atoms with van der Waals surface area (Å²) < 4.78 is 4.89. The number of likely N-dealkylation sites (tertiary alicyclic amines) is 1. The molecule has 3 aromatic rings. The predicted octanol–water partition coefficient (Wildman–Crippen LogP) is 5.93. The van der Waals surface area contributed by atoms with E-state index in [1.54, 1.807) is 4.90 Å². The molecule has 2 heterocycles. The van der Waals surface area contributed by atoms with Crippen LogP contribution in [-0.4, -0.2) is 72.0 Å². The molecule has 2 aromatic carbocycles. The second-order valence-corrected chi connectivity index (χ2v) is 12.6. The Bertz CT molecular complexity index is 1500. The van der Waals surface area contributed by atoms with Gasteiger partial charge in [-0.1, -0.05) is 35.6 Å². The number of carbonyl (C=O) groups is 3. The molecule has 0 unspecified atom stereocenters. The first-order valence-corrected chi connectivity index (χ1v) is 15.5. The Balaban J connectivity index is 1.28. The molecule has 3 aliphatic rings. The Kier molecular flexibility index (Phi) is 7.90. The fraction of sp³-hybridized carbons (Fsp3) is 0.438. The summed E-state index contributed by atoms with van der Waals surface area (Å²) in [6.07, 6.45) is 5.53. The van der Waals surface area contributed by atoms with Crippen molar-refractivity contribution in [3.8, 4) is 11.3 Å². The number of aromatic nitrogens is 1. The predicted molar refractivity (Wildman–Crippen MR) is 164 cm³/mol. The van der Waals surface area contributed by atoms with Crippen molar-refractivity contribution in [2.45, 2.75) is 63.5 Å². The third-order valence-corrected chi connectivity index (χ3v) is 9.41. The minimum atomic E-state index is -0.281. The van der Waals surface area contributed by atoms with Crippen molar-refractivity contribution in [2.75, 3.05) is 32.6 Å². The molecule has 220 valence electrons. The lowest BCUT2D eigenvalue weighted by Gasteiger charge is -2.31. The van der Waals surface area contributed by atoms with Crippen molar-refractivity contribution in [3.05, 3.63) is 64.0 Å². The van der Waals surface area contributed by atoms with E-state index in [0.717, 1.165) is 55.3 Å². The van der Waals surface area contributed by atoms with E-state index in [2.05, 4.69) is 22.8 Å². The SMILES string of the molecule is COC(=O)N1CCC(c2cccc(-c3nc(Nc4cc(C(=O)NC5CC5)ccc4C)sc3C(=O)N(C)C3CC3)c2)CC1. The number of nitrogens with zero attached hydrogens (tertiary/aromatic N) is 3. The number of amides is 3. The quantitative estimate of drug-likeness (QED) is 0.338. The van der Waals surface area contributed by atoms with Gasteiger partial charge in [0.2, 0.25) is 0 Å². The minimum absolute atomic E-state index is 0.0240. The summed E-state index contributed by atoms with van der Waals surface area (Å²) in [5, 5.41) is 7.07. The summed E-state index contributed by atoms with van der Waals surface area (Å²) in [6, 6.07) is 14.5. The molecule has 2 saturated carbocycles. The van der Waals surface area contributed by atoms with Crippen molar-refractivity contribution in [1.29, 1.82) is 0 Å². The number of benzene rings is 2. The number of aryl methyl sites for hydroxylation is 1. The average Bonchev–Trinajstić information content (AvgIpc) is 3.96. The van der Waals surface area contributed by atoms with Crippen LogP contribution >= 0.6 is 11.3 Å². The van der Waals surface area contributed by atoms with E-state index in [1.807, 2.05) is 49.2 Å². The van der Waals surface area contributed by atoms with Gasteiger partial charge in [0, 0.05) is 49.0 Å². The molecule has 0 spiro atoms. The van der Waals surface area contributed by atoms with E-state index in [0.29, 0.717) is 40.3 Å². The van der Waals surface area contributed by atoms with Crippen molar-refractivity contribution >= 4 is 40.1 Å². The first-order valence-electron chi connectivity index (χ1n) is 14.7. The normalized spacial score (nSPS) is 17.1. The van der Waals surface area contributed by atoms with Crippen LogP contribution in [0.4, 0.5) is 15.6 Å². The zero-order valence-electron chi connectivity index (χ0n) is 24.3. The summed E-state index contributed by atoms with van der Waals surface area (Å²) in [4.78, 5) is 47.5. The summed E-state index contributed by atoms with van der Waals surface area (Å²) in [5.41, 5.74) is 5.11. The zero-order chi connectivity index (χ0) is 29.4. The molecule has 1 aliphatic heterocycles. The van der Waals surface area contributed by atoms with Gasteiger partial charge in [-0.15, -0.1) is 0 Å².